The normalized spacial score (nSPS) is 11.1. The number of hydrogen-bond donors (Lipinski definition) is 1. The van der Waals surface area contributed by atoms with Gasteiger partial charge in [0.25, 0.3) is 0 Å². The van der Waals surface area contributed by atoms with Gasteiger partial charge in [0.15, 0.2) is 0 Å². The number of benzene rings is 1. The first-order valence-electron chi connectivity index (χ1n) is 5.95. The molecule has 6 heteroatoms. The summed E-state index contributed by atoms with van der Waals surface area (Å²) in [5.74, 6) is 1.77. The maximum absolute atomic E-state index is 5.73. The molecule has 0 bridgehead atoms. The Hall–Kier alpha value is -1.92. The molecule has 5 nitrogen and oxygen atoms in total. The molecule has 0 saturated carbocycles. The summed E-state index contributed by atoms with van der Waals surface area (Å²) in [5.41, 5.74) is 7.95. The van der Waals surface area contributed by atoms with E-state index in [1.165, 1.54) is 5.56 Å². The van der Waals surface area contributed by atoms with Gasteiger partial charge in [-0.2, -0.15) is 0 Å². The molecule has 0 aliphatic rings. The summed E-state index contributed by atoms with van der Waals surface area (Å²) >= 11 is 1.57. The second-order valence-corrected chi connectivity index (χ2v) is 5.03. The Balaban J connectivity index is 1.93. The van der Waals surface area contributed by atoms with Crippen molar-refractivity contribution < 1.29 is 4.74 Å². The largest absolute Gasteiger partial charge is 0.497 e. The molecule has 2 N–H and O–H groups in total. The van der Waals surface area contributed by atoms with Gasteiger partial charge in [-0.3, -0.25) is 4.40 Å². The molecule has 0 fully saturated rings. The van der Waals surface area contributed by atoms with Crippen LogP contribution in [0.3, 0.4) is 0 Å². The van der Waals surface area contributed by atoms with Crippen molar-refractivity contribution in [2.45, 2.75) is 13.0 Å². The third-order valence-corrected chi connectivity index (χ3v) is 3.88. The van der Waals surface area contributed by atoms with Crippen LogP contribution in [-0.4, -0.2) is 21.7 Å². The minimum atomic E-state index is 0.494. The lowest BCUT2D eigenvalue weighted by atomic mass is 10.1. The molecule has 0 radical (unpaired) electrons. The first-order chi connectivity index (χ1) is 9.31. The van der Waals surface area contributed by atoms with Crippen LogP contribution >= 0.6 is 11.3 Å². The first-order valence-corrected chi connectivity index (χ1v) is 6.83. The number of nitrogens with two attached hydrogens (primary N) is 1. The fourth-order valence-corrected chi connectivity index (χ4v) is 2.88. The average Bonchev–Trinajstić information content (AvgIpc) is 3.02. The number of aromatic nitrogens is 3. The van der Waals surface area contributed by atoms with E-state index in [1.54, 1.807) is 18.4 Å². The van der Waals surface area contributed by atoms with E-state index in [0.717, 1.165) is 28.6 Å². The summed E-state index contributed by atoms with van der Waals surface area (Å²) in [7, 11) is 1.66. The second-order valence-electron chi connectivity index (χ2n) is 4.19. The molecule has 0 aliphatic heterocycles. The van der Waals surface area contributed by atoms with E-state index in [2.05, 4.69) is 10.2 Å². The molecule has 98 valence electrons. The Bertz CT molecular complexity index is 686. The first kappa shape index (κ1) is 12.1. The summed E-state index contributed by atoms with van der Waals surface area (Å²) in [4.78, 5) is 0.893. The minimum Gasteiger partial charge on any atom is -0.497 e. The highest BCUT2D eigenvalue weighted by atomic mass is 32.1. The molecule has 3 aromatic rings. The molecular weight excluding hydrogens is 260 g/mol. The SMILES string of the molecule is COc1ccc(Cc2nnc3scc(CN)n23)cc1. The van der Waals surface area contributed by atoms with E-state index in [4.69, 9.17) is 10.5 Å². The van der Waals surface area contributed by atoms with E-state index >= 15 is 0 Å². The lowest BCUT2D eigenvalue weighted by molar-refractivity contribution is 0.414. The fraction of sp³-hybridized carbons (Fsp3) is 0.231. The number of hydrogen-bond acceptors (Lipinski definition) is 5. The third-order valence-electron chi connectivity index (χ3n) is 3.02. The molecule has 0 atom stereocenters. The van der Waals surface area contributed by atoms with Gasteiger partial charge in [-0.1, -0.05) is 12.1 Å². The molecule has 2 aromatic heterocycles. The topological polar surface area (TPSA) is 65.4 Å². The third kappa shape index (κ3) is 2.20. The second kappa shape index (κ2) is 4.99. The highest BCUT2D eigenvalue weighted by Gasteiger charge is 2.11. The van der Waals surface area contributed by atoms with E-state index in [1.807, 2.05) is 34.0 Å². The maximum Gasteiger partial charge on any atom is 0.216 e. The summed E-state index contributed by atoms with van der Waals surface area (Å²) < 4.78 is 7.19. The highest BCUT2D eigenvalue weighted by Crippen LogP contribution is 2.19. The predicted molar refractivity (Wildman–Crippen MR) is 74.6 cm³/mol. The average molecular weight is 274 g/mol. The van der Waals surface area contributed by atoms with Crippen molar-refractivity contribution in [3.05, 3.63) is 46.7 Å². The van der Waals surface area contributed by atoms with Crippen LogP contribution in [0.2, 0.25) is 0 Å². The predicted octanol–water partition coefficient (Wildman–Crippen LogP) is 1.85. The van der Waals surface area contributed by atoms with Gasteiger partial charge in [0.1, 0.15) is 11.6 Å². The van der Waals surface area contributed by atoms with Crippen molar-refractivity contribution >= 4 is 16.3 Å². The number of nitrogens with zero attached hydrogens (tertiary/aromatic N) is 3. The lowest BCUT2D eigenvalue weighted by Gasteiger charge is -2.03. The van der Waals surface area contributed by atoms with Gasteiger partial charge in [-0.25, -0.2) is 0 Å². The van der Waals surface area contributed by atoms with Crippen LogP contribution in [0.25, 0.3) is 4.96 Å². The molecule has 3 rings (SSSR count). The standard InChI is InChI=1S/C13H14N4OS/c1-18-11-4-2-9(3-5-11)6-12-15-16-13-17(12)10(7-14)8-19-13/h2-5,8H,6-7,14H2,1H3. The summed E-state index contributed by atoms with van der Waals surface area (Å²) in [6, 6.07) is 7.97. The van der Waals surface area contributed by atoms with Crippen molar-refractivity contribution in [1.29, 1.82) is 0 Å². The number of fused-ring (bicyclic) bond motifs is 1. The Morgan fingerprint density at radius 1 is 1.26 bits per heavy atom. The lowest BCUT2D eigenvalue weighted by Crippen LogP contribution is -2.04. The molecule has 1 aromatic carbocycles. The van der Waals surface area contributed by atoms with Gasteiger partial charge >= 0.3 is 0 Å². The van der Waals surface area contributed by atoms with Gasteiger partial charge < -0.3 is 10.5 Å². The van der Waals surface area contributed by atoms with Gasteiger partial charge in [0, 0.05) is 18.3 Å². The van der Waals surface area contributed by atoms with Crippen LogP contribution in [0.4, 0.5) is 0 Å². The molecule has 0 unspecified atom stereocenters. The van der Waals surface area contributed by atoms with E-state index in [0.29, 0.717) is 6.54 Å². The Morgan fingerprint density at radius 3 is 2.74 bits per heavy atom. The van der Waals surface area contributed by atoms with Crippen molar-refractivity contribution in [2.75, 3.05) is 7.11 Å². The maximum atomic E-state index is 5.73. The van der Waals surface area contributed by atoms with Crippen LogP contribution in [-0.2, 0) is 13.0 Å². The van der Waals surface area contributed by atoms with Gasteiger partial charge in [-0.05, 0) is 17.7 Å². The number of thiazole rings is 1. The van der Waals surface area contributed by atoms with E-state index in [9.17, 15) is 0 Å². The Kier molecular flexibility index (Phi) is 3.18. The zero-order valence-corrected chi connectivity index (χ0v) is 11.4. The zero-order valence-electron chi connectivity index (χ0n) is 10.5. The minimum absolute atomic E-state index is 0.494. The molecule has 0 saturated heterocycles. The Labute approximate surface area is 114 Å². The van der Waals surface area contributed by atoms with E-state index in [-0.39, 0.29) is 0 Å². The van der Waals surface area contributed by atoms with Crippen LogP contribution in [0.5, 0.6) is 5.75 Å². The summed E-state index contributed by atoms with van der Waals surface area (Å²) in [5, 5.41) is 10.4. The Morgan fingerprint density at radius 2 is 2.05 bits per heavy atom. The number of methoxy groups -OCH3 is 1. The van der Waals surface area contributed by atoms with Gasteiger partial charge in [0.05, 0.1) is 12.8 Å². The molecular formula is C13H14N4OS. The van der Waals surface area contributed by atoms with Gasteiger partial charge in [-0.15, -0.1) is 21.5 Å². The van der Waals surface area contributed by atoms with Gasteiger partial charge in [0.2, 0.25) is 4.96 Å². The van der Waals surface area contributed by atoms with Crippen LogP contribution in [0, 0.1) is 0 Å². The molecule has 0 aliphatic carbocycles. The van der Waals surface area contributed by atoms with Crippen molar-refractivity contribution in [3.8, 4) is 5.75 Å². The molecule has 19 heavy (non-hydrogen) atoms. The number of ether oxygens (including phenoxy) is 1. The monoisotopic (exact) mass is 274 g/mol. The molecule has 2 heterocycles. The smallest absolute Gasteiger partial charge is 0.216 e. The van der Waals surface area contributed by atoms with Crippen molar-refractivity contribution in [2.24, 2.45) is 5.73 Å². The van der Waals surface area contributed by atoms with Crippen molar-refractivity contribution in [1.82, 2.24) is 14.6 Å². The van der Waals surface area contributed by atoms with Crippen LogP contribution < -0.4 is 10.5 Å². The molecule has 0 amide bonds. The zero-order chi connectivity index (χ0) is 13.2. The summed E-state index contributed by atoms with van der Waals surface area (Å²) in [6.45, 7) is 0.494. The van der Waals surface area contributed by atoms with Crippen LogP contribution in [0.1, 0.15) is 17.1 Å². The fourth-order valence-electron chi connectivity index (χ4n) is 2.02. The number of rotatable bonds is 4. The molecule has 0 spiro atoms. The van der Waals surface area contributed by atoms with Crippen molar-refractivity contribution in [3.63, 3.8) is 0 Å². The summed E-state index contributed by atoms with van der Waals surface area (Å²) in [6.07, 6.45) is 0.731. The highest BCUT2D eigenvalue weighted by molar-refractivity contribution is 7.15. The van der Waals surface area contributed by atoms with E-state index < -0.39 is 0 Å². The van der Waals surface area contributed by atoms with Crippen LogP contribution in [0.15, 0.2) is 29.6 Å². The quantitative estimate of drug-likeness (QED) is 0.788.